The molecule has 6 heteroatoms. The van der Waals surface area contributed by atoms with Crippen LogP contribution in [0.3, 0.4) is 0 Å². The SMILES string of the molecule is Nc1ccc2c(c1)nn1c(C3CCNCC3)cc(=O)[nH]c21. The molecule has 0 unspecified atom stereocenters. The van der Waals surface area contributed by atoms with Gasteiger partial charge in [-0.15, -0.1) is 0 Å². The first-order valence-electron chi connectivity index (χ1n) is 7.24. The molecular weight excluding hydrogens is 266 g/mol. The van der Waals surface area contributed by atoms with E-state index in [1.165, 1.54) is 0 Å². The number of aromatic amines is 1. The summed E-state index contributed by atoms with van der Waals surface area (Å²) in [5.41, 5.74) is 8.99. The Labute approximate surface area is 121 Å². The quantitative estimate of drug-likeness (QED) is 0.586. The molecular formula is C15H17N5O. The van der Waals surface area contributed by atoms with Crippen LogP contribution in [0, 0.1) is 0 Å². The van der Waals surface area contributed by atoms with Crippen LogP contribution in [0.5, 0.6) is 0 Å². The highest BCUT2D eigenvalue weighted by atomic mass is 16.1. The molecule has 21 heavy (non-hydrogen) atoms. The molecule has 4 rings (SSSR count). The molecule has 1 fully saturated rings. The smallest absolute Gasteiger partial charge is 0.251 e. The Hall–Kier alpha value is -2.34. The van der Waals surface area contributed by atoms with Crippen LogP contribution in [0.1, 0.15) is 24.5 Å². The third kappa shape index (κ3) is 1.99. The summed E-state index contributed by atoms with van der Waals surface area (Å²) >= 11 is 0. The average Bonchev–Trinajstić information content (AvgIpc) is 2.84. The maximum absolute atomic E-state index is 12.0. The number of aromatic nitrogens is 3. The molecule has 2 aromatic heterocycles. The molecule has 1 aromatic carbocycles. The number of rotatable bonds is 1. The second-order valence-electron chi connectivity index (χ2n) is 5.62. The van der Waals surface area contributed by atoms with Crippen molar-refractivity contribution in [3.63, 3.8) is 0 Å². The number of nitrogens with zero attached hydrogens (tertiary/aromatic N) is 2. The molecule has 1 aliphatic heterocycles. The zero-order valence-electron chi connectivity index (χ0n) is 11.6. The summed E-state index contributed by atoms with van der Waals surface area (Å²) in [6.45, 7) is 1.96. The molecule has 108 valence electrons. The van der Waals surface area contributed by atoms with Crippen LogP contribution in [0.25, 0.3) is 16.6 Å². The van der Waals surface area contributed by atoms with Gasteiger partial charge in [-0.2, -0.15) is 5.10 Å². The van der Waals surface area contributed by atoms with Gasteiger partial charge in [0, 0.05) is 23.1 Å². The van der Waals surface area contributed by atoms with E-state index < -0.39 is 0 Å². The molecule has 3 heterocycles. The van der Waals surface area contributed by atoms with Gasteiger partial charge >= 0.3 is 0 Å². The van der Waals surface area contributed by atoms with Gasteiger partial charge < -0.3 is 16.0 Å². The minimum absolute atomic E-state index is 0.0744. The Morgan fingerprint density at radius 3 is 2.86 bits per heavy atom. The van der Waals surface area contributed by atoms with E-state index in [-0.39, 0.29) is 5.56 Å². The number of nitrogen functional groups attached to an aromatic ring is 1. The Kier molecular flexibility index (Phi) is 2.71. The van der Waals surface area contributed by atoms with Crippen LogP contribution in [0.2, 0.25) is 0 Å². The van der Waals surface area contributed by atoms with Gasteiger partial charge in [0.1, 0.15) is 5.65 Å². The lowest BCUT2D eigenvalue weighted by molar-refractivity contribution is 0.446. The van der Waals surface area contributed by atoms with Crippen LogP contribution in [-0.2, 0) is 0 Å². The second-order valence-corrected chi connectivity index (χ2v) is 5.62. The Morgan fingerprint density at radius 2 is 2.05 bits per heavy atom. The first-order chi connectivity index (χ1) is 10.2. The van der Waals surface area contributed by atoms with Crippen LogP contribution >= 0.6 is 0 Å². The molecule has 6 nitrogen and oxygen atoms in total. The monoisotopic (exact) mass is 283 g/mol. The first kappa shape index (κ1) is 12.4. The van der Waals surface area contributed by atoms with Crippen molar-refractivity contribution in [2.75, 3.05) is 18.8 Å². The molecule has 0 spiro atoms. The maximum Gasteiger partial charge on any atom is 0.251 e. The van der Waals surface area contributed by atoms with Crippen molar-refractivity contribution in [2.24, 2.45) is 0 Å². The zero-order chi connectivity index (χ0) is 14.4. The summed E-state index contributed by atoms with van der Waals surface area (Å²) in [7, 11) is 0. The van der Waals surface area contributed by atoms with Gasteiger partial charge in [-0.25, -0.2) is 4.52 Å². The molecule has 3 aromatic rings. The van der Waals surface area contributed by atoms with Crippen molar-refractivity contribution in [1.29, 1.82) is 0 Å². The lowest BCUT2D eigenvalue weighted by Crippen LogP contribution is -2.28. The fourth-order valence-electron chi connectivity index (χ4n) is 3.17. The van der Waals surface area contributed by atoms with Crippen molar-refractivity contribution in [2.45, 2.75) is 18.8 Å². The minimum atomic E-state index is -0.0744. The van der Waals surface area contributed by atoms with Gasteiger partial charge in [-0.05, 0) is 44.1 Å². The largest absolute Gasteiger partial charge is 0.399 e. The topological polar surface area (TPSA) is 88.2 Å². The van der Waals surface area contributed by atoms with Crippen LogP contribution < -0.4 is 16.6 Å². The molecule has 1 saturated heterocycles. The van der Waals surface area contributed by atoms with Crippen LogP contribution in [0.4, 0.5) is 5.69 Å². The zero-order valence-corrected chi connectivity index (χ0v) is 11.6. The number of anilines is 1. The Morgan fingerprint density at radius 1 is 1.24 bits per heavy atom. The summed E-state index contributed by atoms with van der Waals surface area (Å²) in [4.78, 5) is 14.9. The number of nitrogens with one attached hydrogen (secondary N) is 2. The molecule has 0 bridgehead atoms. The minimum Gasteiger partial charge on any atom is -0.399 e. The normalized spacial score (nSPS) is 16.8. The summed E-state index contributed by atoms with van der Waals surface area (Å²) in [5.74, 6) is 0.364. The number of H-pyrrole nitrogens is 1. The van der Waals surface area contributed by atoms with Crippen molar-refractivity contribution in [3.05, 3.63) is 40.3 Å². The second kappa shape index (κ2) is 4.60. The van der Waals surface area contributed by atoms with Gasteiger partial charge in [-0.1, -0.05) is 0 Å². The number of nitrogens with two attached hydrogens (primary N) is 1. The van der Waals surface area contributed by atoms with Gasteiger partial charge in [0.05, 0.1) is 11.2 Å². The van der Waals surface area contributed by atoms with Crippen LogP contribution in [0.15, 0.2) is 29.1 Å². The van der Waals surface area contributed by atoms with E-state index in [1.54, 1.807) is 6.07 Å². The third-order valence-corrected chi connectivity index (χ3v) is 4.22. The molecule has 0 saturated carbocycles. The number of benzene rings is 1. The van der Waals surface area contributed by atoms with E-state index in [0.29, 0.717) is 11.6 Å². The molecule has 4 N–H and O–H groups in total. The summed E-state index contributed by atoms with van der Waals surface area (Å²) in [6, 6.07) is 7.26. The van der Waals surface area contributed by atoms with E-state index in [1.807, 2.05) is 22.7 Å². The van der Waals surface area contributed by atoms with Gasteiger partial charge in [0.15, 0.2) is 0 Å². The van der Waals surface area contributed by atoms with Gasteiger partial charge in [0.2, 0.25) is 0 Å². The van der Waals surface area contributed by atoms with E-state index >= 15 is 0 Å². The van der Waals surface area contributed by atoms with E-state index in [9.17, 15) is 4.79 Å². The summed E-state index contributed by atoms with van der Waals surface area (Å²) < 4.78 is 1.88. The van der Waals surface area contributed by atoms with Crippen molar-refractivity contribution < 1.29 is 0 Å². The highest BCUT2D eigenvalue weighted by Crippen LogP contribution is 2.27. The third-order valence-electron chi connectivity index (χ3n) is 4.22. The van der Waals surface area contributed by atoms with Gasteiger partial charge in [-0.3, -0.25) is 4.79 Å². The molecule has 1 aliphatic rings. The Bertz CT molecular complexity index is 873. The number of fused-ring (bicyclic) bond motifs is 3. The molecule has 0 aliphatic carbocycles. The Balaban J connectivity index is 2.01. The van der Waals surface area contributed by atoms with Crippen molar-refractivity contribution >= 4 is 22.2 Å². The van der Waals surface area contributed by atoms with Gasteiger partial charge in [0.25, 0.3) is 5.56 Å². The number of hydrogen-bond acceptors (Lipinski definition) is 4. The highest BCUT2D eigenvalue weighted by Gasteiger charge is 2.20. The number of hydrogen-bond donors (Lipinski definition) is 3. The average molecular weight is 283 g/mol. The summed E-state index contributed by atoms with van der Waals surface area (Å²) in [5, 5.41) is 8.92. The lowest BCUT2D eigenvalue weighted by Gasteiger charge is -2.23. The van der Waals surface area contributed by atoms with Crippen LogP contribution in [-0.4, -0.2) is 27.7 Å². The lowest BCUT2D eigenvalue weighted by atomic mass is 9.94. The maximum atomic E-state index is 12.0. The molecule has 0 radical (unpaired) electrons. The van der Waals surface area contributed by atoms with Crippen molar-refractivity contribution in [3.8, 4) is 0 Å². The van der Waals surface area contributed by atoms with E-state index in [2.05, 4.69) is 15.4 Å². The number of piperidine rings is 1. The predicted octanol–water partition coefficient (Wildman–Crippen LogP) is 1.22. The highest BCUT2D eigenvalue weighted by molar-refractivity contribution is 5.93. The fourth-order valence-corrected chi connectivity index (χ4v) is 3.17. The van der Waals surface area contributed by atoms with E-state index in [4.69, 9.17) is 5.73 Å². The molecule has 0 atom stereocenters. The predicted molar refractivity (Wildman–Crippen MR) is 82.6 cm³/mol. The summed E-state index contributed by atoms with van der Waals surface area (Å²) in [6.07, 6.45) is 2.05. The standard InChI is InChI=1S/C15H17N5O/c16-10-1-2-11-12(7-10)19-20-13(8-14(21)18-15(11)20)9-3-5-17-6-4-9/h1-2,7-9,17H,3-6,16H2,(H,18,21). The first-order valence-corrected chi connectivity index (χ1v) is 7.24. The fraction of sp³-hybridized carbons (Fsp3) is 0.333. The van der Waals surface area contributed by atoms with Crippen molar-refractivity contribution in [1.82, 2.24) is 19.9 Å². The van der Waals surface area contributed by atoms with E-state index in [0.717, 1.165) is 48.2 Å². The molecule has 0 amide bonds.